The third-order valence-corrected chi connectivity index (χ3v) is 6.52. The Morgan fingerprint density at radius 2 is 1.76 bits per heavy atom. The van der Waals surface area contributed by atoms with Crippen molar-refractivity contribution in [3.8, 4) is 0 Å². The first-order valence-electron chi connectivity index (χ1n) is 10.5. The standard InChI is InChI=1S/C24H26N4O/c25-17(10-15-6-2-1-3-7-15)13-22(29)28-24-19-11-16(12-20(19)24)23-18-8-4-5-9-21(18)26-14-27-23/h1-9,14,16-17,19-20,24H,10-13,25H2,(H,28,29)/t16?,17?,19-,20+,24?. The number of fused-ring (bicyclic) bond motifs is 2. The summed E-state index contributed by atoms with van der Waals surface area (Å²) in [5.74, 6) is 1.69. The van der Waals surface area contributed by atoms with E-state index in [-0.39, 0.29) is 11.9 Å². The van der Waals surface area contributed by atoms with Crippen molar-refractivity contribution < 1.29 is 4.79 Å². The second-order valence-corrected chi connectivity index (χ2v) is 8.52. The van der Waals surface area contributed by atoms with E-state index in [9.17, 15) is 4.79 Å². The number of amides is 1. The molecular formula is C24H26N4O. The van der Waals surface area contributed by atoms with Crippen LogP contribution < -0.4 is 11.1 Å². The molecule has 148 valence electrons. The van der Waals surface area contributed by atoms with Crippen molar-refractivity contribution in [2.45, 2.75) is 43.7 Å². The highest BCUT2D eigenvalue weighted by atomic mass is 16.1. The molecule has 2 fully saturated rings. The summed E-state index contributed by atoms with van der Waals surface area (Å²) in [6.07, 6.45) is 4.97. The lowest BCUT2D eigenvalue weighted by molar-refractivity contribution is -0.121. The van der Waals surface area contributed by atoms with Crippen LogP contribution >= 0.6 is 0 Å². The summed E-state index contributed by atoms with van der Waals surface area (Å²) in [6, 6.07) is 18.5. The molecule has 29 heavy (non-hydrogen) atoms. The van der Waals surface area contributed by atoms with Crippen molar-refractivity contribution >= 4 is 16.8 Å². The van der Waals surface area contributed by atoms with Gasteiger partial charge in [0.05, 0.1) is 11.2 Å². The van der Waals surface area contributed by atoms with Gasteiger partial charge in [0.25, 0.3) is 0 Å². The molecule has 2 aliphatic carbocycles. The Kier molecular flexibility index (Phi) is 4.76. The number of hydrogen-bond acceptors (Lipinski definition) is 4. The molecule has 1 aromatic heterocycles. The van der Waals surface area contributed by atoms with Crippen molar-refractivity contribution in [2.24, 2.45) is 17.6 Å². The highest BCUT2D eigenvalue weighted by Crippen LogP contribution is 2.57. The van der Waals surface area contributed by atoms with Crippen LogP contribution in [0.5, 0.6) is 0 Å². The number of rotatable bonds is 6. The second kappa shape index (κ2) is 7.56. The monoisotopic (exact) mass is 386 g/mol. The van der Waals surface area contributed by atoms with Crippen molar-refractivity contribution in [3.05, 3.63) is 72.2 Å². The molecule has 2 aromatic carbocycles. The van der Waals surface area contributed by atoms with Crippen LogP contribution in [0.2, 0.25) is 0 Å². The van der Waals surface area contributed by atoms with Crippen molar-refractivity contribution in [1.82, 2.24) is 15.3 Å². The van der Waals surface area contributed by atoms with Crippen LogP contribution in [-0.2, 0) is 11.2 Å². The Balaban J connectivity index is 1.14. The minimum Gasteiger partial charge on any atom is -0.353 e. The van der Waals surface area contributed by atoms with E-state index in [1.807, 2.05) is 36.4 Å². The summed E-state index contributed by atoms with van der Waals surface area (Å²) in [6.45, 7) is 0. The van der Waals surface area contributed by atoms with Crippen LogP contribution in [0, 0.1) is 11.8 Å². The van der Waals surface area contributed by atoms with Gasteiger partial charge in [-0.15, -0.1) is 0 Å². The average Bonchev–Trinajstić information content (AvgIpc) is 3.16. The van der Waals surface area contributed by atoms with Gasteiger partial charge in [0, 0.05) is 29.8 Å². The maximum Gasteiger partial charge on any atom is 0.221 e. The molecule has 1 heterocycles. The molecule has 2 saturated carbocycles. The normalized spacial score (nSPS) is 26.1. The number of nitrogens with one attached hydrogen (secondary N) is 1. The Hall–Kier alpha value is -2.79. The molecule has 5 heteroatoms. The number of nitrogens with zero attached hydrogens (tertiary/aromatic N) is 2. The van der Waals surface area contributed by atoms with E-state index >= 15 is 0 Å². The van der Waals surface area contributed by atoms with E-state index in [0.717, 1.165) is 35.9 Å². The molecule has 0 bridgehead atoms. The van der Waals surface area contributed by atoms with Gasteiger partial charge in [-0.05, 0) is 42.7 Å². The molecule has 0 aliphatic heterocycles. The fraction of sp³-hybridized carbons (Fsp3) is 0.375. The lowest BCUT2D eigenvalue weighted by Crippen LogP contribution is -2.35. The number of para-hydroxylation sites is 1. The zero-order valence-corrected chi connectivity index (χ0v) is 16.4. The second-order valence-electron chi connectivity index (χ2n) is 8.52. The van der Waals surface area contributed by atoms with Gasteiger partial charge < -0.3 is 11.1 Å². The third kappa shape index (κ3) is 3.75. The molecule has 2 aliphatic rings. The van der Waals surface area contributed by atoms with E-state index in [1.54, 1.807) is 6.33 Å². The van der Waals surface area contributed by atoms with Crippen LogP contribution in [0.3, 0.4) is 0 Å². The predicted molar refractivity (Wildman–Crippen MR) is 113 cm³/mol. The van der Waals surface area contributed by atoms with Gasteiger partial charge in [0.2, 0.25) is 5.91 Å². The number of hydrogen-bond donors (Lipinski definition) is 2. The van der Waals surface area contributed by atoms with Crippen LogP contribution in [0.15, 0.2) is 60.9 Å². The Bertz CT molecular complexity index is 1000. The Labute approximate surface area is 170 Å². The molecular weight excluding hydrogens is 360 g/mol. The molecule has 5 nitrogen and oxygen atoms in total. The molecule has 3 N–H and O–H groups in total. The summed E-state index contributed by atoms with van der Waals surface area (Å²) in [5.41, 5.74) is 9.55. The van der Waals surface area contributed by atoms with Gasteiger partial charge in [-0.1, -0.05) is 48.5 Å². The number of aromatic nitrogens is 2. The third-order valence-electron chi connectivity index (χ3n) is 6.52. The highest BCUT2D eigenvalue weighted by Gasteiger charge is 2.57. The maximum absolute atomic E-state index is 12.4. The molecule has 3 aromatic rings. The van der Waals surface area contributed by atoms with E-state index < -0.39 is 0 Å². The quantitative estimate of drug-likeness (QED) is 0.682. The Morgan fingerprint density at radius 1 is 1.03 bits per heavy atom. The highest BCUT2D eigenvalue weighted by molar-refractivity contribution is 5.81. The fourth-order valence-electron chi connectivity index (χ4n) is 5.10. The summed E-state index contributed by atoms with van der Waals surface area (Å²) in [5, 5.41) is 4.39. The Morgan fingerprint density at radius 3 is 2.55 bits per heavy atom. The van der Waals surface area contributed by atoms with Crippen LogP contribution in [0.1, 0.15) is 36.4 Å². The molecule has 0 radical (unpaired) electrons. The molecule has 5 rings (SSSR count). The molecule has 1 amide bonds. The first-order chi connectivity index (χ1) is 14.2. The van der Waals surface area contributed by atoms with Crippen molar-refractivity contribution in [1.29, 1.82) is 0 Å². The summed E-state index contributed by atoms with van der Waals surface area (Å²) < 4.78 is 0. The van der Waals surface area contributed by atoms with Gasteiger partial charge in [0.15, 0.2) is 0 Å². The van der Waals surface area contributed by atoms with E-state index in [4.69, 9.17) is 5.73 Å². The van der Waals surface area contributed by atoms with E-state index in [2.05, 4.69) is 33.5 Å². The smallest absolute Gasteiger partial charge is 0.221 e. The number of nitrogens with two attached hydrogens (primary N) is 1. The summed E-state index contributed by atoms with van der Waals surface area (Å²) in [4.78, 5) is 21.4. The summed E-state index contributed by atoms with van der Waals surface area (Å²) >= 11 is 0. The minimum absolute atomic E-state index is 0.0804. The number of carbonyl (C=O) groups excluding carboxylic acids is 1. The first-order valence-corrected chi connectivity index (χ1v) is 10.5. The molecule has 0 spiro atoms. The lowest BCUT2D eigenvalue weighted by atomic mass is 9.95. The predicted octanol–water partition coefficient (Wildman–Crippen LogP) is 3.20. The molecule has 3 unspecified atom stereocenters. The average molecular weight is 386 g/mol. The van der Waals surface area contributed by atoms with Gasteiger partial charge in [0.1, 0.15) is 6.33 Å². The van der Waals surface area contributed by atoms with Gasteiger partial charge in [-0.2, -0.15) is 0 Å². The van der Waals surface area contributed by atoms with Gasteiger partial charge in [-0.25, -0.2) is 9.97 Å². The van der Waals surface area contributed by atoms with E-state index in [0.29, 0.717) is 30.2 Å². The lowest BCUT2D eigenvalue weighted by Gasteiger charge is -2.17. The largest absolute Gasteiger partial charge is 0.353 e. The minimum atomic E-state index is -0.142. The van der Waals surface area contributed by atoms with Crippen molar-refractivity contribution in [3.63, 3.8) is 0 Å². The van der Waals surface area contributed by atoms with Crippen LogP contribution in [0.4, 0.5) is 0 Å². The SMILES string of the molecule is NC(CC(=O)NC1[C@H]2CC(c3ncnc4ccccc34)C[C@@H]12)Cc1ccccc1. The zero-order chi connectivity index (χ0) is 19.8. The molecule has 0 saturated heterocycles. The van der Waals surface area contributed by atoms with Crippen LogP contribution in [0.25, 0.3) is 10.9 Å². The first kappa shape index (κ1) is 18.3. The van der Waals surface area contributed by atoms with Gasteiger partial charge in [-0.3, -0.25) is 4.79 Å². The van der Waals surface area contributed by atoms with E-state index in [1.165, 1.54) is 5.56 Å². The van der Waals surface area contributed by atoms with Crippen LogP contribution in [-0.4, -0.2) is 28.0 Å². The fourth-order valence-corrected chi connectivity index (χ4v) is 5.10. The molecule has 5 atom stereocenters. The number of benzene rings is 2. The maximum atomic E-state index is 12.4. The van der Waals surface area contributed by atoms with Gasteiger partial charge >= 0.3 is 0 Å². The van der Waals surface area contributed by atoms with Crippen molar-refractivity contribution in [2.75, 3.05) is 0 Å². The topological polar surface area (TPSA) is 80.9 Å². The number of carbonyl (C=O) groups is 1. The zero-order valence-electron chi connectivity index (χ0n) is 16.4. The summed E-state index contributed by atoms with van der Waals surface area (Å²) in [7, 11) is 0.